The largest absolute Gasteiger partial charge is 0.329 e. The Bertz CT molecular complexity index is 150. The van der Waals surface area contributed by atoms with E-state index in [-0.39, 0.29) is 0 Å². The second kappa shape index (κ2) is 4.43. The first-order chi connectivity index (χ1) is 6.10. The molecule has 1 aliphatic carbocycles. The molecule has 2 N–H and O–H groups in total. The van der Waals surface area contributed by atoms with Crippen LogP contribution in [0.2, 0.25) is 0 Å². The number of hydrogen-bond acceptors (Lipinski definition) is 2. The maximum absolute atomic E-state index is 5.61. The third-order valence-electron chi connectivity index (χ3n) is 3.12. The SMILES string of the molecule is CCN(CCN)C(C)(C)CC1CC1. The van der Waals surface area contributed by atoms with Crippen LogP contribution in [0.15, 0.2) is 0 Å². The lowest BCUT2D eigenvalue weighted by Crippen LogP contribution is -2.46. The minimum atomic E-state index is 0.356. The van der Waals surface area contributed by atoms with Gasteiger partial charge in [0.1, 0.15) is 0 Å². The van der Waals surface area contributed by atoms with Crippen LogP contribution in [0.4, 0.5) is 0 Å². The molecule has 1 rings (SSSR count). The molecule has 0 aromatic rings. The molecule has 2 nitrogen and oxygen atoms in total. The second-order valence-corrected chi connectivity index (χ2v) is 4.83. The van der Waals surface area contributed by atoms with Crippen LogP contribution in [-0.2, 0) is 0 Å². The first kappa shape index (κ1) is 11.0. The summed E-state index contributed by atoms with van der Waals surface area (Å²) in [5.74, 6) is 1.00. The predicted molar refractivity (Wildman–Crippen MR) is 57.7 cm³/mol. The Morgan fingerprint density at radius 2 is 2.00 bits per heavy atom. The van der Waals surface area contributed by atoms with Gasteiger partial charge in [-0.3, -0.25) is 4.90 Å². The average molecular weight is 184 g/mol. The van der Waals surface area contributed by atoms with Gasteiger partial charge in [-0.2, -0.15) is 0 Å². The molecular formula is C11H24N2. The van der Waals surface area contributed by atoms with Gasteiger partial charge in [-0.1, -0.05) is 19.8 Å². The van der Waals surface area contributed by atoms with E-state index in [4.69, 9.17) is 5.73 Å². The highest BCUT2D eigenvalue weighted by molar-refractivity contribution is 4.88. The summed E-state index contributed by atoms with van der Waals surface area (Å²) in [6, 6.07) is 0. The number of nitrogens with two attached hydrogens (primary N) is 1. The molecule has 1 saturated carbocycles. The summed E-state index contributed by atoms with van der Waals surface area (Å²) in [5.41, 5.74) is 5.96. The Kier molecular flexibility index (Phi) is 3.74. The average Bonchev–Trinajstić information content (AvgIpc) is 2.82. The van der Waals surface area contributed by atoms with Crippen molar-refractivity contribution in [3.05, 3.63) is 0 Å². The Morgan fingerprint density at radius 3 is 2.38 bits per heavy atom. The lowest BCUT2D eigenvalue weighted by atomic mass is 9.95. The molecule has 0 amide bonds. The van der Waals surface area contributed by atoms with Crippen molar-refractivity contribution in [1.82, 2.24) is 4.90 Å². The van der Waals surface area contributed by atoms with E-state index in [9.17, 15) is 0 Å². The van der Waals surface area contributed by atoms with Crippen LogP contribution in [0.3, 0.4) is 0 Å². The fourth-order valence-electron chi connectivity index (χ4n) is 2.20. The summed E-state index contributed by atoms with van der Waals surface area (Å²) in [4.78, 5) is 2.51. The van der Waals surface area contributed by atoms with E-state index < -0.39 is 0 Å². The van der Waals surface area contributed by atoms with Gasteiger partial charge in [-0.05, 0) is 32.7 Å². The maximum atomic E-state index is 5.61. The van der Waals surface area contributed by atoms with Crippen molar-refractivity contribution >= 4 is 0 Å². The van der Waals surface area contributed by atoms with E-state index in [0.29, 0.717) is 5.54 Å². The van der Waals surface area contributed by atoms with E-state index in [2.05, 4.69) is 25.7 Å². The van der Waals surface area contributed by atoms with E-state index >= 15 is 0 Å². The van der Waals surface area contributed by atoms with Crippen LogP contribution < -0.4 is 5.73 Å². The summed E-state index contributed by atoms with van der Waals surface area (Å²) in [7, 11) is 0. The first-order valence-electron chi connectivity index (χ1n) is 5.55. The molecule has 0 aromatic carbocycles. The van der Waals surface area contributed by atoms with Crippen molar-refractivity contribution in [3.63, 3.8) is 0 Å². The predicted octanol–water partition coefficient (Wildman–Crippen LogP) is 1.85. The smallest absolute Gasteiger partial charge is 0.0156 e. The Labute approximate surface area is 82.5 Å². The van der Waals surface area contributed by atoms with Crippen molar-refractivity contribution in [2.45, 2.75) is 45.6 Å². The quantitative estimate of drug-likeness (QED) is 0.682. The normalized spacial score (nSPS) is 18.2. The zero-order valence-electron chi connectivity index (χ0n) is 9.34. The van der Waals surface area contributed by atoms with Crippen LogP contribution in [0.25, 0.3) is 0 Å². The maximum Gasteiger partial charge on any atom is 0.0156 e. The van der Waals surface area contributed by atoms with Gasteiger partial charge in [0.15, 0.2) is 0 Å². The van der Waals surface area contributed by atoms with Crippen molar-refractivity contribution in [2.24, 2.45) is 11.7 Å². The molecule has 0 heterocycles. The van der Waals surface area contributed by atoms with E-state index in [1.807, 2.05) is 0 Å². The molecule has 0 aliphatic heterocycles. The zero-order valence-corrected chi connectivity index (χ0v) is 9.34. The molecule has 0 saturated heterocycles. The summed E-state index contributed by atoms with van der Waals surface area (Å²) >= 11 is 0. The zero-order chi connectivity index (χ0) is 9.90. The number of rotatable bonds is 6. The van der Waals surface area contributed by atoms with Crippen molar-refractivity contribution in [3.8, 4) is 0 Å². The van der Waals surface area contributed by atoms with Gasteiger partial charge >= 0.3 is 0 Å². The van der Waals surface area contributed by atoms with Gasteiger partial charge in [0.25, 0.3) is 0 Å². The van der Waals surface area contributed by atoms with Gasteiger partial charge < -0.3 is 5.73 Å². The molecule has 0 aromatic heterocycles. The van der Waals surface area contributed by atoms with Crippen LogP contribution in [0.1, 0.15) is 40.0 Å². The molecule has 2 heteroatoms. The van der Waals surface area contributed by atoms with Crippen molar-refractivity contribution in [2.75, 3.05) is 19.6 Å². The van der Waals surface area contributed by atoms with Crippen molar-refractivity contribution < 1.29 is 0 Å². The molecule has 0 radical (unpaired) electrons. The van der Waals surface area contributed by atoms with Gasteiger partial charge in [-0.25, -0.2) is 0 Å². The standard InChI is InChI=1S/C11H24N2/c1-4-13(8-7-12)11(2,3)9-10-5-6-10/h10H,4-9,12H2,1-3H3. The number of likely N-dealkylation sites (N-methyl/N-ethyl adjacent to an activating group) is 1. The van der Waals surface area contributed by atoms with Gasteiger partial charge in [-0.15, -0.1) is 0 Å². The molecule has 0 bridgehead atoms. The Morgan fingerprint density at radius 1 is 1.38 bits per heavy atom. The topological polar surface area (TPSA) is 29.3 Å². The minimum Gasteiger partial charge on any atom is -0.329 e. The highest BCUT2D eigenvalue weighted by Gasteiger charge is 2.33. The highest BCUT2D eigenvalue weighted by Crippen LogP contribution is 2.38. The van der Waals surface area contributed by atoms with E-state index in [1.165, 1.54) is 19.3 Å². The third-order valence-corrected chi connectivity index (χ3v) is 3.12. The van der Waals surface area contributed by atoms with Gasteiger partial charge in [0.05, 0.1) is 0 Å². The number of nitrogens with zero attached hydrogens (tertiary/aromatic N) is 1. The molecule has 1 aliphatic rings. The molecular weight excluding hydrogens is 160 g/mol. The highest BCUT2D eigenvalue weighted by atomic mass is 15.2. The summed E-state index contributed by atoms with van der Waals surface area (Å²) in [5, 5.41) is 0. The Balaban J connectivity index is 2.41. The van der Waals surface area contributed by atoms with Gasteiger partial charge in [0, 0.05) is 18.6 Å². The fourth-order valence-corrected chi connectivity index (χ4v) is 2.20. The van der Waals surface area contributed by atoms with Gasteiger partial charge in [0.2, 0.25) is 0 Å². The summed E-state index contributed by atoms with van der Waals surface area (Å²) < 4.78 is 0. The molecule has 1 fully saturated rings. The molecule has 78 valence electrons. The van der Waals surface area contributed by atoms with E-state index in [1.54, 1.807) is 0 Å². The number of hydrogen-bond donors (Lipinski definition) is 1. The fraction of sp³-hybridized carbons (Fsp3) is 1.00. The van der Waals surface area contributed by atoms with Crippen LogP contribution in [-0.4, -0.2) is 30.1 Å². The Hall–Kier alpha value is -0.0800. The lowest BCUT2D eigenvalue weighted by Gasteiger charge is -2.38. The van der Waals surface area contributed by atoms with Crippen LogP contribution in [0, 0.1) is 5.92 Å². The minimum absolute atomic E-state index is 0.356. The molecule has 0 unspecified atom stereocenters. The molecule has 0 spiro atoms. The lowest BCUT2D eigenvalue weighted by molar-refractivity contribution is 0.116. The first-order valence-corrected chi connectivity index (χ1v) is 5.55. The van der Waals surface area contributed by atoms with Crippen molar-refractivity contribution in [1.29, 1.82) is 0 Å². The van der Waals surface area contributed by atoms with Crippen LogP contribution in [0.5, 0.6) is 0 Å². The van der Waals surface area contributed by atoms with E-state index in [0.717, 1.165) is 25.6 Å². The van der Waals surface area contributed by atoms with Crippen LogP contribution >= 0.6 is 0 Å². The second-order valence-electron chi connectivity index (χ2n) is 4.83. The molecule has 13 heavy (non-hydrogen) atoms. The molecule has 0 atom stereocenters. The third kappa shape index (κ3) is 3.28. The summed E-state index contributed by atoms with van der Waals surface area (Å²) in [6.07, 6.45) is 4.24. The monoisotopic (exact) mass is 184 g/mol. The summed E-state index contributed by atoms with van der Waals surface area (Å²) in [6.45, 7) is 9.87.